The molecule has 0 aromatic heterocycles. The summed E-state index contributed by atoms with van der Waals surface area (Å²) in [5.74, 6) is 0.483. The van der Waals surface area contributed by atoms with Gasteiger partial charge < -0.3 is 11.1 Å². The number of hydrogen-bond donors (Lipinski definition) is 2. The molecule has 3 heteroatoms. The Morgan fingerprint density at radius 3 is 1.90 bits per heavy atom. The van der Waals surface area contributed by atoms with E-state index in [1.165, 1.54) is 22.3 Å². The van der Waals surface area contributed by atoms with Gasteiger partial charge in [0.05, 0.1) is 11.4 Å². The first kappa shape index (κ1) is 21.0. The van der Waals surface area contributed by atoms with E-state index in [9.17, 15) is 0 Å². The highest BCUT2D eigenvalue weighted by molar-refractivity contribution is 6.30. The highest BCUT2D eigenvalue weighted by Gasteiger charge is 2.18. The molecule has 3 N–H and O–H groups in total. The molecule has 2 nitrogen and oxygen atoms in total. The van der Waals surface area contributed by atoms with Crippen molar-refractivity contribution in [2.24, 2.45) is 0 Å². The van der Waals surface area contributed by atoms with Gasteiger partial charge in [0.2, 0.25) is 0 Å². The van der Waals surface area contributed by atoms with E-state index in [-0.39, 0.29) is 5.92 Å². The summed E-state index contributed by atoms with van der Waals surface area (Å²) in [6, 6.07) is 35.5. The van der Waals surface area contributed by atoms with Crippen molar-refractivity contribution in [3.05, 3.63) is 130 Å². The molecule has 31 heavy (non-hydrogen) atoms. The smallest absolute Gasteiger partial charge is 0.0577 e. The van der Waals surface area contributed by atoms with E-state index in [0.29, 0.717) is 5.92 Å². The van der Waals surface area contributed by atoms with E-state index in [4.69, 9.17) is 17.3 Å². The van der Waals surface area contributed by atoms with Crippen molar-refractivity contribution < 1.29 is 0 Å². The molecule has 0 aliphatic heterocycles. The molecular formula is C28H27ClN2. The molecule has 2 atom stereocenters. The van der Waals surface area contributed by atoms with Crippen LogP contribution >= 0.6 is 11.6 Å². The van der Waals surface area contributed by atoms with Gasteiger partial charge in [-0.2, -0.15) is 0 Å². The average molecular weight is 427 g/mol. The zero-order chi connectivity index (χ0) is 21.6. The summed E-state index contributed by atoms with van der Waals surface area (Å²) in [6.07, 6.45) is 0. The van der Waals surface area contributed by atoms with Gasteiger partial charge in [-0.3, -0.25) is 0 Å². The van der Waals surface area contributed by atoms with Crippen LogP contribution < -0.4 is 11.1 Å². The molecule has 0 spiro atoms. The van der Waals surface area contributed by atoms with Crippen molar-refractivity contribution >= 4 is 23.0 Å². The van der Waals surface area contributed by atoms with Crippen LogP contribution in [0, 0.1) is 0 Å². The van der Waals surface area contributed by atoms with Crippen LogP contribution in [-0.4, -0.2) is 6.54 Å². The standard InChI is InChI=1S/C28H27ClN2/c1-20(21-8-4-2-5-9-21)19-31-27-18-24(14-17-26(27)30)28(22-10-6-3-7-11-22)23-12-15-25(29)16-13-23/h2-18,20,28,31H,19,30H2,1H3/t20-,28?/m1/s1. The Hall–Kier alpha value is -3.23. The van der Waals surface area contributed by atoms with Crippen molar-refractivity contribution in [2.75, 3.05) is 17.6 Å². The molecule has 0 aliphatic carbocycles. The first-order valence-corrected chi connectivity index (χ1v) is 11.0. The minimum atomic E-state index is 0.103. The number of benzene rings is 4. The topological polar surface area (TPSA) is 38.0 Å². The summed E-state index contributed by atoms with van der Waals surface area (Å²) >= 11 is 6.15. The van der Waals surface area contributed by atoms with Gasteiger partial charge in [-0.15, -0.1) is 0 Å². The van der Waals surface area contributed by atoms with Crippen molar-refractivity contribution in [3.63, 3.8) is 0 Å². The Morgan fingerprint density at radius 2 is 1.26 bits per heavy atom. The summed E-state index contributed by atoms with van der Waals surface area (Å²) in [4.78, 5) is 0. The van der Waals surface area contributed by atoms with Crippen LogP contribution in [0.25, 0.3) is 0 Å². The van der Waals surface area contributed by atoms with Crippen LogP contribution in [0.4, 0.5) is 11.4 Å². The second-order valence-electron chi connectivity index (χ2n) is 7.93. The third-order valence-electron chi connectivity index (χ3n) is 5.71. The lowest BCUT2D eigenvalue weighted by molar-refractivity contribution is 0.805. The molecule has 1 unspecified atom stereocenters. The lowest BCUT2D eigenvalue weighted by atomic mass is 9.85. The predicted octanol–water partition coefficient (Wildman–Crippen LogP) is 7.32. The fraction of sp³-hybridized carbons (Fsp3) is 0.143. The molecule has 4 aromatic carbocycles. The summed E-state index contributed by atoms with van der Waals surface area (Å²) in [5.41, 5.74) is 13.0. The summed E-state index contributed by atoms with van der Waals surface area (Å²) in [6.45, 7) is 3.04. The molecule has 156 valence electrons. The van der Waals surface area contributed by atoms with Gasteiger partial charge in [-0.1, -0.05) is 97.4 Å². The fourth-order valence-corrected chi connectivity index (χ4v) is 4.07. The molecular weight excluding hydrogens is 400 g/mol. The molecule has 4 rings (SSSR count). The quantitative estimate of drug-likeness (QED) is 0.240. The van der Waals surface area contributed by atoms with Crippen LogP contribution in [-0.2, 0) is 0 Å². The molecule has 4 aromatic rings. The molecule has 0 saturated heterocycles. The predicted molar refractivity (Wildman–Crippen MR) is 133 cm³/mol. The molecule has 0 fully saturated rings. The molecule has 0 radical (unpaired) electrons. The third kappa shape index (κ3) is 5.10. The molecule has 0 saturated carbocycles. The van der Waals surface area contributed by atoms with Gasteiger partial charge in [0.1, 0.15) is 0 Å². The molecule has 0 heterocycles. The maximum atomic E-state index is 6.33. The summed E-state index contributed by atoms with van der Waals surface area (Å²) in [5, 5.41) is 4.31. The van der Waals surface area contributed by atoms with Crippen LogP contribution in [0.3, 0.4) is 0 Å². The van der Waals surface area contributed by atoms with Crippen LogP contribution in [0.15, 0.2) is 103 Å². The minimum absolute atomic E-state index is 0.103. The second-order valence-corrected chi connectivity index (χ2v) is 8.37. The van der Waals surface area contributed by atoms with Crippen molar-refractivity contribution in [1.29, 1.82) is 0 Å². The highest BCUT2D eigenvalue weighted by atomic mass is 35.5. The van der Waals surface area contributed by atoms with Gasteiger partial charge in [-0.25, -0.2) is 0 Å². The fourth-order valence-electron chi connectivity index (χ4n) is 3.95. The molecule has 0 aliphatic rings. The maximum Gasteiger partial charge on any atom is 0.0577 e. The largest absolute Gasteiger partial charge is 0.397 e. The second kappa shape index (κ2) is 9.72. The lowest BCUT2D eigenvalue weighted by Crippen LogP contribution is -2.12. The summed E-state index contributed by atoms with van der Waals surface area (Å²) in [7, 11) is 0. The Kier molecular flexibility index (Phi) is 6.59. The number of nitrogen functional groups attached to an aromatic ring is 1. The Labute approximate surface area is 189 Å². The monoisotopic (exact) mass is 426 g/mol. The number of nitrogens with one attached hydrogen (secondary N) is 1. The third-order valence-corrected chi connectivity index (χ3v) is 5.97. The normalized spacial score (nSPS) is 12.8. The maximum absolute atomic E-state index is 6.33. The van der Waals surface area contributed by atoms with E-state index in [1.54, 1.807) is 0 Å². The summed E-state index contributed by atoms with van der Waals surface area (Å²) < 4.78 is 0. The van der Waals surface area contributed by atoms with E-state index in [2.05, 4.69) is 85.0 Å². The highest BCUT2D eigenvalue weighted by Crippen LogP contribution is 2.35. The first-order chi connectivity index (χ1) is 15.1. The van der Waals surface area contributed by atoms with E-state index in [1.807, 2.05) is 30.3 Å². The van der Waals surface area contributed by atoms with Crippen LogP contribution in [0.2, 0.25) is 5.02 Å². The lowest BCUT2D eigenvalue weighted by Gasteiger charge is -2.21. The molecule has 0 bridgehead atoms. The van der Waals surface area contributed by atoms with E-state index >= 15 is 0 Å². The number of halogens is 1. The van der Waals surface area contributed by atoms with Crippen LogP contribution in [0.5, 0.6) is 0 Å². The van der Waals surface area contributed by atoms with Crippen LogP contribution in [0.1, 0.15) is 41.0 Å². The Balaban J connectivity index is 1.64. The minimum Gasteiger partial charge on any atom is -0.397 e. The first-order valence-electron chi connectivity index (χ1n) is 10.6. The number of nitrogens with two attached hydrogens (primary N) is 1. The van der Waals surface area contributed by atoms with Crippen molar-refractivity contribution in [3.8, 4) is 0 Å². The zero-order valence-electron chi connectivity index (χ0n) is 17.6. The van der Waals surface area contributed by atoms with Gasteiger partial charge >= 0.3 is 0 Å². The van der Waals surface area contributed by atoms with Crippen molar-refractivity contribution in [2.45, 2.75) is 18.8 Å². The number of anilines is 2. The van der Waals surface area contributed by atoms with E-state index in [0.717, 1.165) is 22.9 Å². The van der Waals surface area contributed by atoms with E-state index < -0.39 is 0 Å². The molecule has 0 amide bonds. The van der Waals surface area contributed by atoms with Gasteiger partial charge in [0.25, 0.3) is 0 Å². The van der Waals surface area contributed by atoms with Gasteiger partial charge in [0, 0.05) is 17.5 Å². The number of rotatable bonds is 7. The average Bonchev–Trinajstić information content (AvgIpc) is 2.81. The Bertz CT molecular complexity index is 1110. The SMILES string of the molecule is C[C@H](CNc1cc(C(c2ccccc2)c2ccc(Cl)cc2)ccc1N)c1ccccc1. The Morgan fingerprint density at radius 1 is 0.710 bits per heavy atom. The number of hydrogen-bond acceptors (Lipinski definition) is 2. The van der Waals surface area contributed by atoms with Crippen molar-refractivity contribution in [1.82, 2.24) is 0 Å². The van der Waals surface area contributed by atoms with Gasteiger partial charge in [-0.05, 0) is 52.4 Å². The zero-order valence-corrected chi connectivity index (χ0v) is 18.4. The van der Waals surface area contributed by atoms with Gasteiger partial charge in [0.15, 0.2) is 0 Å².